The van der Waals surface area contributed by atoms with Gasteiger partial charge in [-0.1, -0.05) is 36.7 Å². The van der Waals surface area contributed by atoms with E-state index in [0.29, 0.717) is 0 Å². The van der Waals surface area contributed by atoms with Crippen LogP contribution < -0.4 is 5.32 Å². The minimum atomic E-state index is 0.722. The first kappa shape index (κ1) is 15.1. The van der Waals surface area contributed by atoms with Crippen molar-refractivity contribution >= 4 is 11.6 Å². The van der Waals surface area contributed by atoms with Crippen molar-refractivity contribution in [3.63, 3.8) is 0 Å². The molecule has 2 aromatic rings. The minimum Gasteiger partial charge on any atom is -0.313 e. The van der Waals surface area contributed by atoms with Gasteiger partial charge in [0, 0.05) is 22.8 Å². The summed E-state index contributed by atoms with van der Waals surface area (Å²) in [7, 11) is 0. The van der Waals surface area contributed by atoms with Gasteiger partial charge in [0.05, 0.1) is 12.2 Å². The van der Waals surface area contributed by atoms with Crippen LogP contribution in [0.15, 0.2) is 24.3 Å². The molecular formula is C16H22ClN3. The van der Waals surface area contributed by atoms with Crippen molar-refractivity contribution in [2.45, 2.75) is 40.3 Å². The smallest absolute Gasteiger partial charge is 0.0677 e. The van der Waals surface area contributed by atoms with Crippen molar-refractivity contribution in [3.05, 3.63) is 51.8 Å². The molecule has 0 saturated carbocycles. The van der Waals surface area contributed by atoms with Crippen LogP contribution in [-0.4, -0.2) is 16.3 Å². The Balaban J connectivity index is 2.17. The maximum absolute atomic E-state index is 6.22. The second kappa shape index (κ2) is 6.91. The van der Waals surface area contributed by atoms with Gasteiger partial charge in [0.25, 0.3) is 0 Å². The van der Waals surface area contributed by atoms with Crippen LogP contribution in [0.1, 0.15) is 35.9 Å². The Bertz CT molecular complexity index is 575. The van der Waals surface area contributed by atoms with Gasteiger partial charge in [0.1, 0.15) is 0 Å². The molecule has 0 aliphatic carbocycles. The quantitative estimate of drug-likeness (QED) is 0.823. The van der Waals surface area contributed by atoms with Crippen molar-refractivity contribution in [3.8, 4) is 0 Å². The molecule has 0 aliphatic heterocycles. The number of nitrogens with zero attached hydrogens (tertiary/aromatic N) is 2. The summed E-state index contributed by atoms with van der Waals surface area (Å²) in [5.41, 5.74) is 4.71. The predicted molar refractivity (Wildman–Crippen MR) is 84.3 cm³/mol. The van der Waals surface area contributed by atoms with E-state index in [4.69, 9.17) is 11.6 Å². The zero-order chi connectivity index (χ0) is 14.5. The monoisotopic (exact) mass is 291 g/mol. The fourth-order valence-corrected chi connectivity index (χ4v) is 2.52. The molecule has 1 heterocycles. The number of halogens is 1. The minimum absolute atomic E-state index is 0.722. The number of aryl methyl sites for hydroxylation is 1. The average molecular weight is 292 g/mol. The normalized spacial score (nSPS) is 11.0. The van der Waals surface area contributed by atoms with Crippen molar-refractivity contribution in [1.82, 2.24) is 15.1 Å². The summed E-state index contributed by atoms with van der Waals surface area (Å²) in [6, 6.07) is 7.93. The SMILES string of the molecule is CCCNCc1c(C)nn(Cc2ccccc2Cl)c1C. The van der Waals surface area contributed by atoms with Crippen LogP contribution in [0.4, 0.5) is 0 Å². The zero-order valence-electron chi connectivity index (χ0n) is 12.4. The fourth-order valence-electron chi connectivity index (χ4n) is 2.32. The average Bonchev–Trinajstić information content (AvgIpc) is 2.69. The van der Waals surface area contributed by atoms with Crippen LogP contribution in [0.25, 0.3) is 0 Å². The fraction of sp³-hybridized carbons (Fsp3) is 0.438. The van der Waals surface area contributed by atoms with Crippen LogP contribution in [0, 0.1) is 13.8 Å². The molecule has 3 nitrogen and oxygen atoms in total. The Kier molecular flexibility index (Phi) is 5.21. The van der Waals surface area contributed by atoms with E-state index in [1.807, 2.05) is 28.9 Å². The highest BCUT2D eigenvalue weighted by atomic mass is 35.5. The highest BCUT2D eigenvalue weighted by Crippen LogP contribution is 2.19. The van der Waals surface area contributed by atoms with Gasteiger partial charge in [0.2, 0.25) is 0 Å². The van der Waals surface area contributed by atoms with Gasteiger partial charge in [-0.2, -0.15) is 5.10 Å². The molecule has 1 aromatic carbocycles. The van der Waals surface area contributed by atoms with Crippen LogP contribution in [-0.2, 0) is 13.1 Å². The van der Waals surface area contributed by atoms with Crippen LogP contribution in [0.3, 0.4) is 0 Å². The first-order valence-corrected chi connectivity index (χ1v) is 7.48. The topological polar surface area (TPSA) is 29.9 Å². The first-order chi connectivity index (χ1) is 9.63. The molecule has 0 aliphatic rings. The summed E-state index contributed by atoms with van der Waals surface area (Å²) in [6.45, 7) is 9.01. The molecule has 2 rings (SSSR count). The Morgan fingerprint density at radius 3 is 2.70 bits per heavy atom. The van der Waals surface area contributed by atoms with Gasteiger partial charge in [-0.05, 0) is 38.4 Å². The van der Waals surface area contributed by atoms with E-state index in [1.54, 1.807) is 0 Å². The van der Waals surface area contributed by atoms with Crippen molar-refractivity contribution in [1.29, 1.82) is 0 Å². The molecule has 0 radical (unpaired) electrons. The van der Waals surface area contributed by atoms with E-state index < -0.39 is 0 Å². The Hall–Kier alpha value is -1.32. The van der Waals surface area contributed by atoms with Crippen LogP contribution >= 0.6 is 11.6 Å². The van der Waals surface area contributed by atoms with Gasteiger partial charge in [0.15, 0.2) is 0 Å². The number of nitrogens with one attached hydrogen (secondary N) is 1. The van der Waals surface area contributed by atoms with E-state index in [1.165, 1.54) is 11.3 Å². The molecule has 0 atom stereocenters. The Morgan fingerprint density at radius 2 is 2.00 bits per heavy atom. The number of benzene rings is 1. The first-order valence-electron chi connectivity index (χ1n) is 7.10. The Labute approximate surface area is 126 Å². The molecule has 0 bridgehead atoms. The van der Waals surface area contributed by atoms with E-state index >= 15 is 0 Å². The lowest BCUT2D eigenvalue weighted by Crippen LogP contribution is -2.15. The molecule has 1 N–H and O–H groups in total. The van der Waals surface area contributed by atoms with E-state index in [-0.39, 0.29) is 0 Å². The second-order valence-electron chi connectivity index (χ2n) is 5.08. The zero-order valence-corrected chi connectivity index (χ0v) is 13.2. The number of aromatic nitrogens is 2. The summed E-state index contributed by atoms with van der Waals surface area (Å²) in [6.07, 6.45) is 1.14. The molecule has 108 valence electrons. The van der Waals surface area contributed by atoms with Crippen molar-refractivity contribution in [2.24, 2.45) is 0 Å². The lowest BCUT2D eigenvalue weighted by atomic mass is 10.2. The van der Waals surface area contributed by atoms with Crippen molar-refractivity contribution < 1.29 is 0 Å². The molecule has 0 unspecified atom stereocenters. The molecule has 1 aromatic heterocycles. The molecule has 0 saturated heterocycles. The second-order valence-corrected chi connectivity index (χ2v) is 5.48. The summed E-state index contributed by atoms with van der Waals surface area (Å²) in [4.78, 5) is 0. The molecule has 4 heteroatoms. The lowest BCUT2D eigenvalue weighted by molar-refractivity contribution is 0.650. The van der Waals surface area contributed by atoms with E-state index in [2.05, 4.69) is 31.2 Å². The maximum atomic E-state index is 6.22. The molecule has 0 fully saturated rings. The van der Waals surface area contributed by atoms with Crippen LogP contribution in [0.5, 0.6) is 0 Å². The summed E-state index contributed by atoms with van der Waals surface area (Å²) in [5, 5.41) is 8.88. The number of hydrogen-bond donors (Lipinski definition) is 1. The highest BCUT2D eigenvalue weighted by Gasteiger charge is 2.12. The van der Waals surface area contributed by atoms with Crippen LogP contribution in [0.2, 0.25) is 5.02 Å². The third kappa shape index (κ3) is 3.41. The summed E-state index contributed by atoms with van der Waals surface area (Å²) < 4.78 is 2.04. The standard InChI is InChI=1S/C16H22ClN3/c1-4-9-18-10-15-12(2)19-20(13(15)3)11-14-7-5-6-8-16(14)17/h5-8,18H,4,9-11H2,1-3H3. The Morgan fingerprint density at radius 1 is 1.25 bits per heavy atom. The highest BCUT2D eigenvalue weighted by molar-refractivity contribution is 6.31. The third-order valence-corrected chi connectivity index (χ3v) is 3.91. The van der Waals surface area contributed by atoms with E-state index in [9.17, 15) is 0 Å². The van der Waals surface area contributed by atoms with Gasteiger partial charge in [-0.3, -0.25) is 4.68 Å². The number of rotatable bonds is 6. The van der Waals surface area contributed by atoms with Gasteiger partial charge in [-0.25, -0.2) is 0 Å². The summed E-state index contributed by atoms with van der Waals surface area (Å²) in [5.74, 6) is 0. The van der Waals surface area contributed by atoms with Gasteiger partial charge >= 0.3 is 0 Å². The summed E-state index contributed by atoms with van der Waals surface area (Å²) >= 11 is 6.22. The van der Waals surface area contributed by atoms with Gasteiger partial charge < -0.3 is 5.32 Å². The number of hydrogen-bond acceptors (Lipinski definition) is 2. The molecule has 20 heavy (non-hydrogen) atoms. The predicted octanol–water partition coefficient (Wildman–Crippen LogP) is 3.70. The van der Waals surface area contributed by atoms with Crippen molar-refractivity contribution in [2.75, 3.05) is 6.54 Å². The lowest BCUT2D eigenvalue weighted by Gasteiger charge is -2.08. The third-order valence-electron chi connectivity index (χ3n) is 3.54. The maximum Gasteiger partial charge on any atom is 0.0677 e. The van der Waals surface area contributed by atoms with Gasteiger partial charge in [-0.15, -0.1) is 0 Å². The molecule has 0 amide bonds. The largest absolute Gasteiger partial charge is 0.313 e. The van der Waals surface area contributed by atoms with E-state index in [0.717, 1.165) is 42.3 Å². The molecular weight excluding hydrogens is 270 g/mol. The molecule has 0 spiro atoms.